The fraction of sp³-hybridized carbons (Fsp3) is 0.105. The summed E-state index contributed by atoms with van der Waals surface area (Å²) >= 11 is 1.13. The fourth-order valence-corrected chi connectivity index (χ4v) is 3.12. The summed E-state index contributed by atoms with van der Waals surface area (Å²) in [4.78, 5) is 29.2. The Bertz CT molecular complexity index is 920. The molecule has 0 bridgehead atoms. The molecule has 0 saturated heterocycles. The minimum absolute atomic E-state index is 0.250. The predicted molar refractivity (Wildman–Crippen MR) is 105 cm³/mol. The quantitative estimate of drug-likeness (QED) is 0.628. The molecule has 2 aromatic carbocycles. The van der Waals surface area contributed by atoms with Gasteiger partial charge < -0.3 is 10.6 Å². The molecule has 0 saturated carbocycles. The lowest BCUT2D eigenvalue weighted by Gasteiger charge is -2.05. The van der Waals surface area contributed by atoms with E-state index in [-0.39, 0.29) is 5.91 Å². The summed E-state index contributed by atoms with van der Waals surface area (Å²) in [5.41, 5.74) is 3.07. The molecule has 3 amide bonds. The van der Waals surface area contributed by atoms with Crippen molar-refractivity contribution in [3.8, 4) is 0 Å². The molecule has 3 aromatic rings. The summed E-state index contributed by atoms with van der Waals surface area (Å²) in [6.07, 6.45) is 0. The van der Waals surface area contributed by atoms with Crippen LogP contribution >= 0.6 is 11.3 Å². The van der Waals surface area contributed by atoms with Gasteiger partial charge in [0.25, 0.3) is 5.91 Å². The molecule has 3 N–H and O–H groups in total. The van der Waals surface area contributed by atoms with Crippen LogP contribution in [0.25, 0.3) is 0 Å². The van der Waals surface area contributed by atoms with E-state index in [2.05, 4.69) is 20.9 Å². The molecule has 26 heavy (non-hydrogen) atoms. The normalized spacial score (nSPS) is 10.2. The van der Waals surface area contributed by atoms with Crippen molar-refractivity contribution in [2.75, 3.05) is 16.0 Å². The van der Waals surface area contributed by atoms with E-state index in [4.69, 9.17) is 0 Å². The Morgan fingerprint density at radius 2 is 1.50 bits per heavy atom. The predicted octanol–water partition coefficient (Wildman–Crippen LogP) is 4.66. The number of rotatable bonds is 4. The van der Waals surface area contributed by atoms with Gasteiger partial charge in [0.2, 0.25) is 0 Å². The third-order valence-electron chi connectivity index (χ3n) is 3.56. The van der Waals surface area contributed by atoms with Crippen molar-refractivity contribution >= 4 is 39.8 Å². The molecule has 132 valence electrons. The highest BCUT2D eigenvalue weighted by atomic mass is 32.1. The van der Waals surface area contributed by atoms with Gasteiger partial charge in [-0.15, -0.1) is 0 Å². The Balaban J connectivity index is 1.65. The molecular weight excluding hydrogens is 348 g/mol. The van der Waals surface area contributed by atoms with E-state index in [1.807, 2.05) is 49.4 Å². The highest BCUT2D eigenvalue weighted by Crippen LogP contribution is 2.24. The van der Waals surface area contributed by atoms with Crippen molar-refractivity contribution in [2.24, 2.45) is 0 Å². The van der Waals surface area contributed by atoms with Crippen LogP contribution in [0.2, 0.25) is 0 Å². The highest BCUT2D eigenvalue weighted by Gasteiger charge is 2.17. The van der Waals surface area contributed by atoms with Crippen LogP contribution in [0.1, 0.15) is 20.9 Å². The Kier molecular flexibility index (Phi) is 5.28. The van der Waals surface area contributed by atoms with E-state index in [0.717, 1.165) is 16.9 Å². The molecule has 0 unspecified atom stereocenters. The number of anilines is 3. The molecule has 3 rings (SSSR count). The van der Waals surface area contributed by atoms with Gasteiger partial charge in [-0.05, 0) is 38.1 Å². The number of urea groups is 1. The highest BCUT2D eigenvalue weighted by molar-refractivity contribution is 7.17. The van der Waals surface area contributed by atoms with Crippen molar-refractivity contribution in [3.05, 3.63) is 70.7 Å². The largest absolute Gasteiger partial charge is 0.325 e. The molecule has 0 aliphatic rings. The summed E-state index contributed by atoms with van der Waals surface area (Å²) in [6, 6.07) is 16.2. The Hall–Kier alpha value is -3.19. The van der Waals surface area contributed by atoms with Crippen molar-refractivity contribution < 1.29 is 9.59 Å². The van der Waals surface area contributed by atoms with Crippen LogP contribution in [0.3, 0.4) is 0 Å². The average molecular weight is 366 g/mol. The Labute approximate surface area is 155 Å². The van der Waals surface area contributed by atoms with Crippen LogP contribution in [0.4, 0.5) is 21.3 Å². The number of hydrogen-bond donors (Lipinski definition) is 3. The summed E-state index contributed by atoms with van der Waals surface area (Å²) in [5, 5.41) is 8.57. The second-order valence-corrected chi connectivity index (χ2v) is 6.70. The minimum atomic E-state index is -0.407. The van der Waals surface area contributed by atoms with Gasteiger partial charge in [-0.2, -0.15) is 0 Å². The fourth-order valence-electron chi connectivity index (χ4n) is 2.27. The van der Waals surface area contributed by atoms with Crippen molar-refractivity contribution in [2.45, 2.75) is 13.8 Å². The molecule has 0 aliphatic carbocycles. The Morgan fingerprint density at radius 1 is 0.846 bits per heavy atom. The number of benzene rings is 2. The van der Waals surface area contributed by atoms with Crippen LogP contribution in [-0.2, 0) is 0 Å². The van der Waals surface area contributed by atoms with Gasteiger partial charge in [0.05, 0.1) is 5.69 Å². The molecule has 6 nitrogen and oxygen atoms in total. The zero-order valence-electron chi connectivity index (χ0n) is 14.4. The topological polar surface area (TPSA) is 83.1 Å². The number of aryl methyl sites for hydroxylation is 2. The van der Waals surface area contributed by atoms with Gasteiger partial charge in [-0.25, -0.2) is 9.78 Å². The molecule has 0 spiro atoms. The maximum Gasteiger partial charge on any atom is 0.325 e. The van der Waals surface area contributed by atoms with Crippen LogP contribution in [0.5, 0.6) is 0 Å². The summed E-state index contributed by atoms with van der Waals surface area (Å²) in [6.45, 7) is 3.72. The van der Waals surface area contributed by atoms with E-state index >= 15 is 0 Å². The zero-order chi connectivity index (χ0) is 18.5. The smallest absolute Gasteiger partial charge is 0.321 e. The number of para-hydroxylation sites is 1. The van der Waals surface area contributed by atoms with Crippen LogP contribution < -0.4 is 16.0 Å². The number of nitrogens with one attached hydrogen (secondary N) is 3. The Morgan fingerprint density at radius 3 is 2.19 bits per heavy atom. The van der Waals surface area contributed by atoms with Crippen molar-refractivity contribution in [1.82, 2.24) is 4.98 Å². The van der Waals surface area contributed by atoms with E-state index in [9.17, 15) is 9.59 Å². The molecule has 0 aliphatic heterocycles. The molecule has 7 heteroatoms. The average Bonchev–Trinajstić information content (AvgIpc) is 2.98. The summed E-state index contributed by atoms with van der Waals surface area (Å²) in [5.74, 6) is -0.250. The van der Waals surface area contributed by atoms with E-state index in [0.29, 0.717) is 27.1 Å². The maximum atomic E-state index is 12.4. The van der Waals surface area contributed by atoms with Crippen LogP contribution in [0, 0.1) is 13.8 Å². The second-order valence-electron chi connectivity index (χ2n) is 5.70. The first-order valence-electron chi connectivity index (χ1n) is 8.00. The third kappa shape index (κ3) is 4.46. The number of aromatic nitrogens is 1. The molecule has 1 heterocycles. The van der Waals surface area contributed by atoms with E-state index in [1.165, 1.54) is 0 Å². The van der Waals surface area contributed by atoms with Gasteiger partial charge in [-0.1, -0.05) is 47.2 Å². The lowest BCUT2D eigenvalue weighted by molar-refractivity contribution is 0.103. The molecule has 0 fully saturated rings. The lowest BCUT2D eigenvalue weighted by Crippen LogP contribution is -2.19. The number of hydrogen-bond acceptors (Lipinski definition) is 4. The maximum absolute atomic E-state index is 12.4. The first kappa shape index (κ1) is 17.6. The summed E-state index contributed by atoms with van der Waals surface area (Å²) < 4.78 is 0. The molecule has 0 atom stereocenters. The van der Waals surface area contributed by atoms with E-state index < -0.39 is 6.03 Å². The van der Waals surface area contributed by atoms with Gasteiger partial charge in [0.15, 0.2) is 5.13 Å². The van der Waals surface area contributed by atoms with Gasteiger partial charge in [0.1, 0.15) is 4.88 Å². The van der Waals surface area contributed by atoms with E-state index in [1.54, 1.807) is 19.1 Å². The first-order chi connectivity index (χ1) is 12.5. The van der Waals surface area contributed by atoms with Gasteiger partial charge in [-0.3, -0.25) is 10.1 Å². The summed E-state index contributed by atoms with van der Waals surface area (Å²) in [7, 11) is 0. The van der Waals surface area contributed by atoms with Gasteiger partial charge >= 0.3 is 6.03 Å². The van der Waals surface area contributed by atoms with Gasteiger partial charge in [0, 0.05) is 11.4 Å². The third-order valence-corrected chi connectivity index (χ3v) is 4.64. The number of nitrogens with zero attached hydrogens (tertiary/aromatic N) is 1. The monoisotopic (exact) mass is 366 g/mol. The van der Waals surface area contributed by atoms with Crippen molar-refractivity contribution in [3.63, 3.8) is 0 Å². The molecule has 1 aromatic heterocycles. The molecule has 0 radical (unpaired) electrons. The first-order valence-corrected chi connectivity index (χ1v) is 8.81. The lowest BCUT2D eigenvalue weighted by atomic mass is 10.2. The van der Waals surface area contributed by atoms with Crippen molar-refractivity contribution in [1.29, 1.82) is 0 Å². The molecular formula is C19H18N4O2S. The number of carbonyl (C=O) groups is 2. The van der Waals surface area contributed by atoms with Crippen LogP contribution in [0.15, 0.2) is 54.6 Å². The second kappa shape index (κ2) is 7.79. The number of amides is 3. The SMILES string of the molecule is Cc1ccc(NC(=O)c2sc(NC(=O)Nc3ccccc3)nc2C)cc1. The van der Waals surface area contributed by atoms with Crippen LogP contribution in [-0.4, -0.2) is 16.9 Å². The zero-order valence-corrected chi connectivity index (χ0v) is 15.2. The minimum Gasteiger partial charge on any atom is -0.321 e. The number of thiazole rings is 1. The number of carbonyl (C=O) groups excluding carboxylic acids is 2. The standard InChI is InChI=1S/C19H18N4O2S/c1-12-8-10-15(11-9-12)21-17(24)16-13(2)20-19(26-16)23-18(25)22-14-6-4-3-5-7-14/h3-11H,1-2H3,(H,21,24)(H2,20,22,23,25).